The lowest BCUT2D eigenvalue weighted by atomic mass is 10.1. The summed E-state index contributed by atoms with van der Waals surface area (Å²) in [6.07, 6.45) is 12.1. The van der Waals surface area contributed by atoms with Gasteiger partial charge in [0.15, 0.2) is 0 Å². The minimum absolute atomic E-state index is 0.697. The van der Waals surface area contributed by atoms with E-state index in [1.165, 1.54) is 12.2 Å². The van der Waals surface area contributed by atoms with Crippen molar-refractivity contribution in [1.82, 2.24) is 9.55 Å². The van der Waals surface area contributed by atoms with Crippen LogP contribution in [-0.2, 0) is 13.0 Å². The van der Waals surface area contributed by atoms with Gasteiger partial charge in [0.05, 0.1) is 0 Å². The van der Waals surface area contributed by atoms with Crippen molar-refractivity contribution in [2.75, 3.05) is 0 Å². The Bertz CT molecular complexity index is 299. The van der Waals surface area contributed by atoms with E-state index in [1.54, 1.807) is 0 Å². The second-order valence-corrected chi connectivity index (χ2v) is 3.77. The lowest BCUT2D eigenvalue weighted by Crippen LogP contribution is -2.02. The highest BCUT2D eigenvalue weighted by atomic mass is 15.1. The number of hydrogen-bond donors (Lipinski definition) is 0. The molecule has 1 aliphatic heterocycles. The lowest BCUT2D eigenvalue weighted by Gasteiger charge is -2.05. The van der Waals surface area contributed by atoms with Gasteiger partial charge in [-0.15, -0.1) is 0 Å². The highest BCUT2D eigenvalue weighted by Crippen LogP contribution is 2.13. The van der Waals surface area contributed by atoms with Gasteiger partial charge in [-0.1, -0.05) is 19.1 Å². The van der Waals surface area contributed by atoms with Crippen LogP contribution in [-0.4, -0.2) is 9.55 Å². The molecule has 70 valence electrons. The van der Waals surface area contributed by atoms with Crippen LogP contribution >= 0.6 is 0 Å². The van der Waals surface area contributed by atoms with E-state index in [1.807, 2.05) is 6.20 Å². The van der Waals surface area contributed by atoms with E-state index in [4.69, 9.17) is 0 Å². The van der Waals surface area contributed by atoms with Gasteiger partial charge in [-0.3, -0.25) is 0 Å². The Balaban J connectivity index is 2.16. The van der Waals surface area contributed by atoms with Crippen LogP contribution in [0, 0.1) is 5.92 Å². The fourth-order valence-corrected chi connectivity index (χ4v) is 1.77. The van der Waals surface area contributed by atoms with Crippen LogP contribution in [0.1, 0.15) is 25.6 Å². The summed E-state index contributed by atoms with van der Waals surface area (Å²) in [5.41, 5.74) is 0. The zero-order valence-corrected chi connectivity index (χ0v) is 8.11. The van der Waals surface area contributed by atoms with Crippen molar-refractivity contribution < 1.29 is 0 Å². The second-order valence-electron chi connectivity index (χ2n) is 3.77. The molecular formula is C11H16N2. The molecule has 0 spiro atoms. The maximum Gasteiger partial charge on any atom is 0.108 e. The monoisotopic (exact) mass is 176 g/mol. The molecule has 0 radical (unpaired) electrons. The average molecular weight is 176 g/mol. The summed E-state index contributed by atoms with van der Waals surface area (Å²) in [5.74, 6) is 1.94. The standard InChI is InChI=1S/C11H16N2/c1-10-4-2-3-8-13-9-7-12-11(13)6-5-10/h2,4,7,9-10H,3,5-6,8H2,1H3. The molecule has 2 nitrogen and oxygen atoms in total. The first kappa shape index (κ1) is 8.54. The molecule has 0 bridgehead atoms. The number of imidazole rings is 1. The van der Waals surface area contributed by atoms with Crippen LogP contribution in [0.4, 0.5) is 0 Å². The number of fused-ring (bicyclic) bond motifs is 1. The van der Waals surface area contributed by atoms with Crippen LogP contribution in [0.15, 0.2) is 24.5 Å². The minimum Gasteiger partial charge on any atom is -0.335 e. The molecule has 1 unspecified atom stereocenters. The van der Waals surface area contributed by atoms with Crippen LogP contribution in [0.3, 0.4) is 0 Å². The van der Waals surface area contributed by atoms with E-state index >= 15 is 0 Å². The van der Waals surface area contributed by atoms with Crippen molar-refractivity contribution in [1.29, 1.82) is 0 Å². The maximum atomic E-state index is 4.37. The molecule has 0 aromatic carbocycles. The summed E-state index contributed by atoms with van der Waals surface area (Å²) in [6, 6.07) is 0. The molecule has 1 aliphatic rings. The Kier molecular flexibility index (Phi) is 2.48. The highest BCUT2D eigenvalue weighted by molar-refractivity contribution is 4.97. The summed E-state index contributed by atoms with van der Waals surface area (Å²) in [6.45, 7) is 3.35. The average Bonchev–Trinajstić information content (AvgIpc) is 2.56. The van der Waals surface area contributed by atoms with Gasteiger partial charge in [0.2, 0.25) is 0 Å². The van der Waals surface area contributed by atoms with Crippen molar-refractivity contribution in [2.24, 2.45) is 5.92 Å². The molecule has 1 aromatic rings. The van der Waals surface area contributed by atoms with Crippen molar-refractivity contribution in [3.63, 3.8) is 0 Å². The van der Waals surface area contributed by atoms with E-state index in [0.29, 0.717) is 5.92 Å². The van der Waals surface area contributed by atoms with Gasteiger partial charge < -0.3 is 4.57 Å². The maximum absolute atomic E-state index is 4.37. The number of nitrogens with zero attached hydrogens (tertiary/aromatic N) is 2. The molecule has 0 N–H and O–H groups in total. The number of hydrogen-bond acceptors (Lipinski definition) is 1. The first-order valence-corrected chi connectivity index (χ1v) is 5.03. The second kappa shape index (κ2) is 3.77. The molecule has 1 atom stereocenters. The molecular weight excluding hydrogens is 160 g/mol. The number of rotatable bonds is 0. The van der Waals surface area contributed by atoms with E-state index in [9.17, 15) is 0 Å². The summed E-state index contributed by atoms with van der Waals surface area (Å²) in [5, 5.41) is 0. The van der Waals surface area contributed by atoms with Crippen molar-refractivity contribution in [3.8, 4) is 0 Å². The van der Waals surface area contributed by atoms with Gasteiger partial charge in [0.1, 0.15) is 5.82 Å². The lowest BCUT2D eigenvalue weighted by molar-refractivity contribution is 0.605. The van der Waals surface area contributed by atoms with E-state index in [-0.39, 0.29) is 0 Å². The molecule has 0 fully saturated rings. The Hall–Kier alpha value is -1.05. The highest BCUT2D eigenvalue weighted by Gasteiger charge is 2.06. The first-order chi connectivity index (χ1) is 6.36. The van der Waals surface area contributed by atoms with E-state index < -0.39 is 0 Å². The number of aromatic nitrogens is 2. The molecule has 0 amide bonds. The van der Waals surface area contributed by atoms with Gasteiger partial charge in [-0.25, -0.2) is 4.98 Å². The Morgan fingerprint density at radius 2 is 2.46 bits per heavy atom. The van der Waals surface area contributed by atoms with Crippen LogP contribution in [0.2, 0.25) is 0 Å². The Morgan fingerprint density at radius 1 is 1.54 bits per heavy atom. The van der Waals surface area contributed by atoms with Crippen LogP contribution in [0.5, 0.6) is 0 Å². The van der Waals surface area contributed by atoms with Crippen molar-refractivity contribution in [2.45, 2.75) is 32.7 Å². The Labute approximate surface area is 79.3 Å². The quantitative estimate of drug-likeness (QED) is 0.555. The fourth-order valence-electron chi connectivity index (χ4n) is 1.77. The smallest absolute Gasteiger partial charge is 0.108 e. The number of allylic oxidation sites excluding steroid dienone is 2. The van der Waals surface area contributed by atoms with Gasteiger partial charge >= 0.3 is 0 Å². The SMILES string of the molecule is CC1C=CCCn2ccnc2CC1. The summed E-state index contributed by atoms with van der Waals surface area (Å²) in [7, 11) is 0. The minimum atomic E-state index is 0.697. The van der Waals surface area contributed by atoms with Gasteiger partial charge in [-0.2, -0.15) is 0 Å². The third-order valence-electron chi connectivity index (χ3n) is 2.63. The van der Waals surface area contributed by atoms with E-state index in [2.05, 4.69) is 34.8 Å². The summed E-state index contributed by atoms with van der Waals surface area (Å²) >= 11 is 0. The third-order valence-corrected chi connectivity index (χ3v) is 2.63. The zero-order chi connectivity index (χ0) is 9.10. The zero-order valence-electron chi connectivity index (χ0n) is 8.11. The molecule has 13 heavy (non-hydrogen) atoms. The van der Waals surface area contributed by atoms with E-state index in [0.717, 1.165) is 19.4 Å². The predicted octanol–water partition coefficient (Wildman–Crippen LogP) is 2.41. The van der Waals surface area contributed by atoms with Gasteiger partial charge in [0, 0.05) is 25.4 Å². The topological polar surface area (TPSA) is 17.8 Å². The molecule has 0 saturated heterocycles. The molecule has 2 heterocycles. The fraction of sp³-hybridized carbons (Fsp3) is 0.545. The third kappa shape index (κ3) is 2.00. The summed E-state index contributed by atoms with van der Waals surface area (Å²) in [4.78, 5) is 4.37. The molecule has 1 aromatic heterocycles. The van der Waals surface area contributed by atoms with Gasteiger partial charge in [0.25, 0.3) is 0 Å². The number of aryl methyl sites for hydroxylation is 2. The van der Waals surface area contributed by atoms with Crippen LogP contribution in [0.25, 0.3) is 0 Å². The van der Waals surface area contributed by atoms with Crippen molar-refractivity contribution in [3.05, 3.63) is 30.4 Å². The predicted molar refractivity (Wildman–Crippen MR) is 53.5 cm³/mol. The van der Waals surface area contributed by atoms with Crippen molar-refractivity contribution >= 4 is 0 Å². The van der Waals surface area contributed by atoms with Crippen LogP contribution < -0.4 is 0 Å². The molecule has 0 saturated carbocycles. The Morgan fingerprint density at radius 3 is 3.38 bits per heavy atom. The molecule has 2 rings (SSSR count). The normalized spacial score (nSPS) is 23.0. The first-order valence-electron chi connectivity index (χ1n) is 5.03. The van der Waals surface area contributed by atoms with Gasteiger partial charge in [-0.05, 0) is 18.8 Å². The molecule has 2 heteroatoms. The molecule has 0 aliphatic carbocycles. The largest absolute Gasteiger partial charge is 0.335 e. The summed E-state index contributed by atoms with van der Waals surface area (Å²) < 4.78 is 2.27.